The van der Waals surface area contributed by atoms with Gasteiger partial charge in [0.15, 0.2) is 17.2 Å². The van der Waals surface area contributed by atoms with Crippen LogP contribution in [0.15, 0.2) is 34.7 Å². The summed E-state index contributed by atoms with van der Waals surface area (Å²) in [6.45, 7) is 3.51. The van der Waals surface area contributed by atoms with E-state index in [-0.39, 0.29) is 0 Å². The van der Waals surface area contributed by atoms with Gasteiger partial charge in [-0.1, -0.05) is 23.7 Å². The monoisotopic (exact) mass is 273 g/mol. The number of allylic oxidation sites excluding steroid dienone is 1. The molecule has 1 aromatic carbocycles. The first-order valence-corrected chi connectivity index (χ1v) is 6.49. The van der Waals surface area contributed by atoms with Gasteiger partial charge in [0.2, 0.25) is 0 Å². The molecule has 1 aromatic rings. The molecule has 0 aromatic heterocycles. The predicted octanol–water partition coefficient (Wildman–Crippen LogP) is 2.93. The number of hydrogen-bond donors (Lipinski definition) is 1. The highest BCUT2D eigenvalue weighted by Gasteiger charge is 2.37. The number of benzene rings is 1. The van der Waals surface area contributed by atoms with Gasteiger partial charge in [0.25, 0.3) is 0 Å². The van der Waals surface area contributed by atoms with E-state index in [4.69, 9.17) is 16.9 Å². The van der Waals surface area contributed by atoms with E-state index in [1.807, 2.05) is 0 Å². The molecule has 4 nitrogen and oxygen atoms in total. The first-order chi connectivity index (χ1) is 8.07. The first-order valence-electron chi connectivity index (χ1n) is 5.01. The van der Waals surface area contributed by atoms with Crippen molar-refractivity contribution in [2.75, 3.05) is 4.31 Å². The molecule has 2 rings (SSSR count). The highest BCUT2D eigenvalue weighted by atomic mass is 35.5. The molecule has 92 valence electrons. The third-order valence-electron chi connectivity index (χ3n) is 2.77. The molecule has 2 atom stereocenters. The Hall–Kier alpha value is -0.880. The van der Waals surface area contributed by atoms with Gasteiger partial charge in [-0.05, 0) is 31.6 Å². The lowest BCUT2D eigenvalue weighted by Crippen LogP contribution is -2.33. The van der Waals surface area contributed by atoms with E-state index < -0.39 is 17.2 Å². The van der Waals surface area contributed by atoms with Crippen LogP contribution in [0.5, 0.6) is 0 Å². The molecule has 1 aliphatic rings. The van der Waals surface area contributed by atoms with Gasteiger partial charge < -0.3 is 0 Å². The van der Waals surface area contributed by atoms with Gasteiger partial charge in [-0.15, -0.1) is 0 Å². The number of anilines is 1. The van der Waals surface area contributed by atoms with E-state index in [1.165, 1.54) is 4.31 Å². The second kappa shape index (κ2) is 4.78. The average Bonchev–Trinajstić information content (AvgIpc) is 2.54. The molecule has 1 aliphatic heterocycles. The standard InChI is InChI=1S/C11H12ClNO3S/c1-7-8(2)17(15)13(11(7)16-14)10-6-4-3-5-9(10)12/h3-6,11,14H,1-2H3/t11-,17?/m1/s1. The summed E-state index contributed by atoms with van der Waals surface area (Å²) < 4.78 is 13.6. The molecule has 0 fully saturated rings. The number of para-hydroxylation sites is 1. The summed E-state index contributed by atoms with van der Waals surface area (Å²) in [5, 5.41) is 9.40. The Morgan fingerprint density at radius 2 is 2.06 bits per heavy atom. The third kappa shape index (κ3) is 1.99. The molecule has 17 heavy (non-hydrogen) atoms. The average molecular weight is 274 g/mol. The molecule has 0 bridgehead atoms. The Kier molecular flexibility index (Phi) is 3.53. The Bertz CT molecular complexity index is 503. The Balaban J connectivity index is 2.48. The third-order valence-corrected chi connectivity index (χ3v) is 4.68. The topological polar surface area (TPSA) is 49.8 Å². The molecule has 0 saturated carbocycles. The molecular weight excluding hydrogens is 262 g/mol. The van der Waals surface area contributed by atoms with Gasteiger partial charge in [0.05, 0.1) is 10.7 Å². The van der Waals surface area contributed by atoms with Crippen LogP contribution in [0, 0.1) is 0 Å². The van der Waals surface area contributed by atoms with Gasteiger partial charge in [-0.3, -0.25) is 4.31 Å². The van der Waals surface area contributed by atoms with Crippen LogP contribution in [0.2, 0.25) is 5.02 Å². The van der Waals surface area contributed by atoms with Crippen LogP contribution in [0.4, 0.5) is 5.69 Å². The molecule has 0 radical (unpaired) electrons. The summed E-state index contributed by atoms with van der Waals surface area (Å²) in [7, 11) is -1.38. The zero-order valence-electron chi connectivity index (χ0n) is 9.38. The summed E-state index contributed by atoms with van der Waals surface area (Å²) in [5.74, 6) is 0. The summed E-state index contributed by atoms with van der Waals surface area (Å²) >= 11 is 6.06. The van der Waals surface area contributed by atoms with E-state index in [0.29, 0.717) is 15.6 Å². The van der Waals surface area contributed by atoms with Crippen molar-refractivity contribution in [3.8, 4) is 0 Å². The van der Waals surface area contributed by atoms with Crippen molar-refractivity contribution in [2.45, 2.75) is 20.1 Å². The zero-order chi connectivity index (χ0) is 12.6. The minimum atomic E-state index is -1.38. The minimum absolute atomic E-state index is 0.463. The van der Waals surface area contributed by atoms with E-state index in [0.717, 1.165) is 5.57 Å². The zero-order valence-corrected chi connectivity index (χ0v) is 11.0. The fraction of sp³-hybridized carbons (Fsp3) is 0.273. The van der Waals surface area contributed by atoms with Gasteiger partial charge in [0.1, 0.15) is 0 Å². The minimum Gasteiger partial charge on any atom is -0.252 e. The molecule has 6 heteroatoms. The van der Waals surface area contributed by atoms with Gasteiger partial charge >= 0.3 is 0 Å². The molecular formula is C11H12ClNO3S. The smallest absolute Gasteiger partial charge is 0.199 e. The van der Waals surface area contributed by atoms with Crippen LogP contribution >= 0.6 is 11.6 Å². The molecule has 1 unspecified atom stereocenters. The van der Waals surface area contributed by atoms with Crippen molar-refractivity contribution in [2.24, 2.45) is 0 Å². The van der Waals surface area contributed by atoms with Crippen LogP contribution in [0.1, 0.15) is 13.8 Å². The summed E-state index contributed by atoms with van der Waals surface area (Å²) in [4.78, 5) is 5.07. The summed E-state index contributed by atoms with van der Waals surface area (Å²) in [6.07, 6.45) is -0.754. The number of halogens is 1. The fourth-order valence-electron chi connectivity index (χ4n) is 1.69. The van der Waals surface area contributed by atoms with E-state index in [9.17, 15) is 4.21 Å². The SMILES string of the molecule is CC1=C(C)S(=O)N(c2ccccc2Cl)[C@@H]1OO. The van der Waals surface area contributed by atoms with Crippen molar-refractivity contribution in [1.82, 2.24) is 0 Å². The molecule has 1 N–H and O–H groups in total. The van der Waals surface area contributed by atoms with E-state index in [2.05, 4.69) is 4.89 Å². The maximum absolute atomic E-state index is 12.2. The van der Waals surface area contributed by atoms with Crippen molar-refractivity contribution < 1.29 is 14.4 Å². The molecule has 0 spiro atoms. The fourth-order valence-corrected chi connectivity index (χ4v) is 3.35. The number of nitrogens with zero attached hydrogens (tertiary/aromatic N) is 1. The lowest BCUT2D eigenvalue weighted by molar-refractivity contribution is -0.264. The lowest BCUT2D eigenvalue weighted by Gasteiger charge is -2.24. The van der Waals surface area contributed by atoms with E-state index in [1.54, 1.807) is 38.1 Å². The largest absolute Gasteiger partial charge is 0.252 e. The molecule has 0 saturated heterocycles. The first kappa shape index (κ1) is 12.6. The Labute approximate surface area is 107 Å². The van der Waals surface area contributed by atoms with Crippen molar-refractivity contribution >= 4 is 28.3 Å². The number of hydrogen-bond acceptors (Lipinski definition) is 3. The summed E-state index contributed by atoms with van der Waals surface area (Å²) in [6, 6.07) is 7.01. The van der Waals surface area contributed by atoms with Crippen LogP contribution < -0.4 is 4.31 Å². The lowest BCUT2D eigenvalue weighted by atomic mass is 10.2. The predicted molar refractivity (Wildman–Crippen MR) is 67.9 cm³/mol. The van der Waals surface area contributed by atoms with Crippen LogP contribution in [-0.4, -0.2) is 15.7 Å². The summed E-state index contributed by atoms with van der Waals surface area (Å²) in [5.41, 5.74) is 1.30. The van der Waals surface area contributed by atoms with Crippen molar-refractivity contribution in [3.63, 3.8) is 0 Å². The van der Waals surface area contributed by atoms with Crippen LogP contribution in [-0.2, 0) is 15.9 Å². The van der Waals surface area contributed by atoms with Gasteiger partial charge in [0, 0.05) is 4.91 Å². The quantitative estimate of drug-likeness (QED) is 0.666. The Morgan fingerprint density at radius 3 is 2.65 bits per heavy atom. The van der Waals surface area contributed by atoms with Crippen LogP contribution in [0.3, 0.4) is 0 Å². The van der Waals surface area contributed by atoms with Gasteiger partial charge in [-0.2, -0.15) is 0 Å². The van der Waals surface area contributed by atoms with Crippen molar-refractivity contribution in [3.05, 3.63) is 39.8 Å². The second-order valence-corrected chi connectivity index (χ2v) is 5.63. The van der Waals surface area contributed by atoms with Crippen molar-refractivity contribution in [1.29, 1.82) is 0 Å². The van der Waals surface area contributed by atoms with Gasteiger partial charge in [-0.25, -0.2) is 14.4 Å². The van der Waals surface area contributed by atoms with Crippen LogP contribution in [0.25, 0.3) is 0 Å². The number of rotatable bonds is 2. The molecule has 0 aliphatic carbocycles. The Morgan fingerprint density at radius 1 is 1.41 bits per heavy atom. The second-order valence-electron chi connectivity index (χ2n) is 3.72. The molecule has 0 amide bonds. The maximum atomic E-state index is 12.2. The normalized spacial score (nSPS) is 24.6. The maximum Gasteiger partial charge on any atom is 0.199 e. The molecule has 1 heterocycles. The van der Waals surface area contributed by atoms with E-state index >= 15 is 0 Å². The highest BCUT2D eigenvalue weighted by Crippen LogP contribution is 2.37. The highest BCUT2D eigenvalue weighted by molar-refractivity contribution is 7.90.